The average molecular weight is 520 g/mol. The highest BCUT2D eigenvalue weighted by Gasteiger charge is 2.37. The number of carbonyl (C=O) groups excluding carboxylic acids is 3. The van der Waals surface area contributed by atoms with E-state index in [9.17, 15) is 14.4 Å². The van der Waals surface area contributed by atoms with Crippen LogP contribution in [0, 0.1) is 46.1 Å². The van der Waals surface area contributed by atoms with Gasteiger partial charge in [-0.2, -0.15) is 0 Å². The van der Waals surface area contributed by atoms with E-state index in [-0.39, 0.29) is 5.92 Å². The summed E-state index contributed by atoms with van der Waals surface area (Å²) >= 11 is 0. The number of benzene rings is 2. The van der Waals surface area contributed by atoms with Crippen LogP contribution in [0.4, 0.5) is 10.5 Å². The van der Waals surface area contributed by atoms with Crippen molar-refractivity contribution in [2.75, 3.05) is 5.32 Å². The lowest BCUT2D eigenvalue weighted by Gasteiger charge is -2.32. The van der Waals surface area contributed by atoms with Gasteiger partial charge in [-0.15, -0.1) is 0 Å². The molecule has 2 aromatic rings. The van der Waals surface area contributed by atoms with E-state index in [0.29, 0.717) is 17.7 Å². The number of para-hydroxylation sites is 1. The quantitative estimate of drug-likeness (QED) is 0.333. The van der Waals surface area contributed by atoms with E-state index in [2.05, 4.69) is 16.7 Å². The number of ether oxygens (including phenoxy) is 1. The summed E-state index contributed by atoms with van der Waals surface area (Å²) in [7, 11) is 0. The van der Waals surface area contributed by atoms with Crippen molar-refractivity contribution in [2.45, 2.75) is 86.4 Å². The van der Waals surface area contributed by atoms with E-state index in [1.54, 1.807) is 26.8 Å². The van der Waals surface area contributed by atoms with Gasteiger partial charge in [0.1, 0.15) is 17.7 Å². The zero-order valence-corrected chi connectivity index (χ0v) is 24.1. The fourth-order valence-corrected chi connectivity index (χ4v) is 4.25. The minimum absolute atomic E-state index is 0.0566. The molecule has 2 unspecified atom stereocenters. The highest BCUT2D eigenvalue weighted by molar-refractivity contribution is 6.00. The van der Waals surface area contributed by atoms with Crippen LogP contribution in [-0.2, 0) is 14.3 Å². The Labute approximate surface area is 227 Å². The van der Waals surface area contributed by atoms with E-state index in [4.69, 9.17) is 11.2 Å². The molecule has 2 aromatic carbocycles. The van der Waals surface area contributed by atoms with E-state index >= 15 is 0 Å². The number of rotatable bonds is 8. The molecule has 0 aliphatic heterocycles. The van der Waals surface area contributed by atoms with Crippen molar-refractivity contribution in [2.24, 2.45) is 5.92 Å². The molecule has 2 N–H and O–H groups in total. The Morgan fingerprint density at radius 1 is 0.974 bits per heavy atom. The maximum Gasteiger partial charge on any atom is 0.408 e. The highest BCUT2D eigenvalue weighted by Crippen LogP contribution is 2.30. The van der Waals surface area contributed by atoms with Crippen LogP contribution in [0.3, 0.4) is 0 Å². The van der Waals surface area contributed by atoms with E-state index in [0.717, 1.165) is 27.2 Å². The fourth-order valence-electron chi connectivity index (χ4n) is 4.25. The summed E-state index contributed by atoms with van der Waals surface area (Å²) in [4.78, 5) is 41.6. The van der Waals surface area contributed by atoms with Crippen molar-refractivity contribution in [1.82, 2.24) is 10.2 Å². The number of nitrogens with zero attached hydrogens (tertiary/aromatic N) is 1. The predicted molar refractivity (Wildman–Crippen MR) is 151 cm³/mol. The van der Waals surface area contributed by atoms with Crippen molar-refractivity contribution in [1.29, 1.82) is 0 Å². The molecule has 0 fully saturated rings. The molecule has 2 atom stereocenters. The lowest BCUT2D eigenvalue weighted by Crippen LogP contribution is -2.51. The van der Waals surface area contributed by atoms with Crippen molar-refractivity contribution < 1.29 is 19.1 Å². The molecule has 0 bridgehead atoms. The average Bonchev–Trinajstić information content (AvgIpc) is 2.79. The number of hydrogen-bond donors (Lipinski definition) is 2. The van der Waals surface area contributed by atoms with E-state index < -0.39 is 35.6 Å². The Bertz CT molecular complexity index is 1200. The van der Waals surface area contributed by atoms with Crippen LogP contribution in [0.2, 0.25) is 0 Å². The Kier molecular flexibility index (Phi) is 10.1. The van der Waals surface area contributed by atoms with Crippen molar-refractivity contribution in [3.05, 3.63) is 64.2 Å². The Hall–Kier alpha value is -3.79. The van der Waals surface area contributed by atoms with Crippen LogP contribution >= 0.6 is 0 Å². The number of alkyl carbamates (subject to hydrolysis) is 1. The standard InChI is InChI=1S/C31H41N3O4/c1-11-34(29(36)25(18-19(2)3)32-30(37)38-31(8,9)10)27(24-17-13-14-20(4)23(24)7)28(35)33-26-21(5)15-12-16-22(26)6/h1,12-17,19,25,27H,18H2,2-10H3,(H,32,37)(H,33,35). The maximum atomic E-state index is 13.9. The lowest BCUT2D eigenvalue weighted by atomic mass is 9.94. The molecular weight excluding hydrogens is 478 g/mol. The van der Waals surface area contributed by atoms with Crippen LogP contribution in [0.15, 0.2) is 36.4 Å². The van der Waals surface area contributed by atoms with Crippen LogP contribution in [0.25, 0.3) is 0 Å². The highest BCUT2D eigenvalue weighted by atomic mass is 16.6. The van der Waals surface area contributed by atoms with Crippen molar-refractivity contribution in [3.8, 4) is 12.5 Å². The third kappa shape index (κ3) is 7.85. The molecule has 0 aliphatic rings. The number of carbonyl (C=O) groups is 3. The molecule has 204 valence electrons. The molecular formula is C31H41N3O4. The number of nitrogens with one attached hydrogen (secondary N) is 2. The zero-order chi connectivity index (χ0) is 28.8. The molecule has 0 aromatic heterocycles. The van der Waals surface area contributed by atoms with Crippen LogP contribution in [0.5, 0.6) is 0 Å². The molecule has 0 saturated heterocycles. The first-order valence-corrected chi connectivity index (χ1v) is 12.9. The number of hydrogen-bond acceptors (Lipinski definition) is 4. The summed E-state index contributed by atoms with van der Waals surface area (Å²) in [5.74, 6) is -0.946. The Morgan fingerprint density at radius 2 is 1.53 bits per heavy atom. The minimum atomic E-state index is -1.12. The SMILES string of the molecule is C#CN(C(=O)C(CC(C)C)NC(=O)OC(C)(C)C)C(C(=O)Nc1c(C)cccc1C)c1cccc(C)c1C. The summed E-state index contributed by atoms with van der Waals surface area (Å²) < 4.78 is 5.39. The topological polar surface area (TPSA) is 87.7 Å². The third-order valence-corrected chi connectivity index (χ3v) is 6.25. The molecule has 0 aliphatic carbocycles. The number of anilines is 1. The number of aryl methyl sites for hydroxylation is 3. The van der Waals surface area contributed by atoms with E-state index in [1.165, 1.54) is 0 Å². The fraction of sp³-hybridized carbons (Fsp3) is 0.452. The number of terminal acetylenes is 1. The maximum absolute atomic E-state index is 13.9. The van der Waals surface area contributed by atoms with Crippen LogP contribution in [-0.4, -0.2) is 34.5 Å². The summed E-state index contributed by atoms with van der Waals surface area (Å²) in [6.45, 7) is 16.8. The van der Waals surface area contributed by atoms with Gasteiger partial charge in [0, 0.05) is 11.7 Å². The smallest absolute Gasteiger partial charge is 0.408 e. The zero-order valence-electron chi connectivity index (χ0n) is 24.1. The van der Waals surface area contributed by atoms with Crippen molar-refractivity contribution >= 4 is 23.6 Å². The molecule has 0 saturated carbocycles. The van der Waals surface area contributed by atoms with Gasteiger partial charge in [-0.1, -0.05) is 56.7 Å². The summed E-state index contributed by atoms with van der Waals surface area (Å²) in [5.41, 5.74) is 4.13. The van der Waals surface area contributed by atoms with Gasteiger partial charge in [0.05, 0.1) is 0 Å². The Balaban J connectivity index is 2.57. The minimum Gasteiger partial charge on any atom is -0.444 e. The largest absolute Gasteiger partial charge is 0.444 e. The summed E-state index contributed by atoms with van der Waals surface area (Å²) in [6.07, 6.45) is 5.51. The first kappa shape index (κ1) is 30.4. The second-order valence-corrected chi connectivity index (χ2v) is 11.1. The molecule has 0 spiro atoms. The molecule has 7 heteroatoms. The van der Waals surface area contributed by atoms with Gasteiger partial charge >= 0.3 is 6.09 Å². The van der Waals surface area contributed by atoms with Gasteiger partial charge in [-0.05, 0) is 88.6 Å². The predicted octanol–water partition coefficient (Wildman–Crippen LogP) is 5.96. The van der Waals surface area contributed by atoms with Gasteiger partial charge in [0.25, 0.3) is 11.8 Å². The summed E-state index contributed by atoms with van der Waals surface area (Å²) in [5, 5.41) is 5.68. The van der Waals surface area contributed by atoms with Crippen LogP contribution in [0.1, 0.15) is 74.9 Å². The first-order valence-electron chi connectivity index (χ1n) is 12.9. The first-order chi connectivity index (χ1) is 17.7. The Morgan fingerprint density at radius 3 is 2.05 bits per heavy atom. The summed E-state index contributed by atoms with van der Waals surface area (Å²) in [6, 6.07) is 11.6. The van der Waals surface area contributed by atoms with Gasteiger partial charge in [0.15, 0.2) is 0 Å². The van der Waals surface area contributed by atoms with E-state index in [1.807, 2.05) is 71.9 Å². The molecule has 3 amide bonds. The third-order valence-electron chi connectivity index (χ3n) is 6.25. The second kappa shape index (κ2) is 12.6. The number of amides is 3. The lowest BCUT2D eigenvalue weighted by molar-refractivity contribution is -0.137. The normalized spacial score (nSPS) is 12.8. The second-order valence-electron chi connectivity index (χ2n) is 11.1. The van der Waals surface area contributed by atoms with Crippen LogP contribution < -0.4 is 10.6 Å². The van der Waals surface area contributed by atoms with Gasteiger partial charge < -0.3 is 15.4 Å². The molecule has 0 radical (unpaired) electrons. The van der Waals surface area contributed by atoms with Gasteiger partial charge in [-0.25, -0.2) is 4.79 Å². The molecule has 7 nitrogen and oxygen atoms in total. The monoisotopic (exact) mass is 519 g/mol. The molecule has 38 heavy (non-hydrogen) atoms. The van der Waals surface area contributed by atoms with Gasteiger partial charge in [0.2, 0.25) is 0 Å². The van der Waals surface area contributed by atoms with Gasteiger partial charge in [-0.3, -0.25) is 14.5 Å². The molecule has 0 heterocycles. The van der Waals surface area contributed by atoms with Crippen molar-refractivity contribution in [3.63, 3.8) is 0 Å². The molecule has 2 rings (SSSR count).